The fourth-order valence-corrected chi connectivity index (χ4v) is 3.16. The molecule has 0 atom stereocenters. The van der Waals surface area contributed by atoms with Crippen molar-refractivity contribution in [1.29, 1.82) is 0 Å². The van der Waals surface area contributed by atoms with Gasteiger partial charge in [-0.3, -0.25) is 0 Å². The maximum Gasteiger partial charge on any atom is 0.339 e. The quantitative estimate of drug-likeness (QED) is 0.410. The highest BCUT2D eigenvalue weighted by Gasteiger charge is 2.19. The van der Waals surface area contributed by atoms with Crippen LogP contribution in [0.25, 0.3) is 10.8 Å². The number of hydrogen-bond acceptors (Lipinski definition) is 3. The van der Waals surface area contributed by atoms with E-state index < -0.39 is 5.97 Å². The van der Waals surface area contributed by atoms with E-state index in [0.717, 1.165) is 42.9 Å². The minimum Gasteiger partial charge on any atom is -0.493 e. The number of ether oxygens (including phenoxy) is 2. The summed E-state index contributed by atoms with van der Waals surface area (Å²) in [6.45, 7) is 5.47. The zero-order valence-corrected chi connectivity index (χ0v) is 16.6. The van der Waals surface area contributed by atoms with Gasteiger partial charge in [-0.1, -0.05) is 76.6 Å². The van der Waals surface area contributed by atoms with Crippen LogP contribution < -0.4 is 9.47 Å². The lowest BCUT2D eigenvalue weighted by molar-refractivity contribution is 0.0692. The molecule has 4 heteroatoms. The van der Waals surface area contributed by atoms with E-state index in [0.29, 0.717) is 24.7 Å². The predicted molar refractivity (Wildman–Crippen MR) is 110 cm³/mol. The zero-order chi connectivity index (χ0) is 19.5. The molecular formula is C23H32O4. The number of carboxylic acid groups (broad SMARTS) is 1. The Bertz CT molecular complexity index is 724. The molecule has 0 fully saturated rings. The van der Waals surface area contributed by atoms with Gasteiger partial charge >= 0.3 is 5.97 Å². The van der Waals surface area contributed by atoms with Crippen LogP contribution in [0.5, 0.6) is 11.5 Å². The molecule has 1 N–H and O–H groups in total. The van der Waals surface area contributed by atoms with Crippen LogP contribution in [-0.2, 0) is 0 Å². The molecule has 0 unspecified atom stereocenters. The highest BCUT2D eigenvalue weighted by Crippen LogP contribution is 2.37. The lowest BCUT2D eigenvalue weighted by atomic mass is 10.0. The third kappa shape index (κ3) is 6.16. The number of unbranched alkanes of at least 4 members (excludes halogenated alkanes) is 6. The van der Waals surface area contributed by atoms with E-state index in [1.807, 2.05) is 24.3 Å². The Morgan fingerprint density at radius 3 is 2.04 bits per heavy atom. The van der Waals surface area contributed by atoms with Crippen molar-refractivity contribution in [2.75, 3.05) is 13.2 Å². The third-order valence-electron chi connectivity index (χ3n) is 4.69. The van der Waals surface area contributed by atoms with Crippen LogP contribution in [0.2, 0.25) is 0 Å². The first-order chi connectivity index (χ1) is 13.2. The molecule has 2 rings (SSSR count). The molecule has 0 aromatic heterocycles. The molecule has 148 valence electrons. The van der Waals surface area contributed by atoms with Crippen molar-refractivity contribution in [2.45, 2.75) is 65.2 Å². The van der Waals surface area contributed by atoms with Gasteiger partial charge in [0, 0.05) is 10.8 Å². The summed E-state index contributed by atoms with van der Waals surface area (Å²) < 4.78 is 11.9. The molecule has 2 aromatic carbocycles. The third-order valence-corrected chi connectivity index (χ3v) is 4.69. The predicted octanol–water partition coefficient (Wildman–Crippen LogP) is 6.46. The van der Waals surface area contributed by atoms with E-state index >= 15 is 0 Å². The van der Waals surface area contributed by atoms with Gasteiger partial charge < -0.3 is 14.6 Å². The van der Waals surface area contributed by atoms with Crippen LogP contribution in [0.3, 0.4) is 0 Å². The van der Waals surface area contributed by atoms with Crippen molar-refractivity contribution in [2.24, 2.45) is 0 Å². The number of hydrogen-bond donors (Lipinski definition) is 1. The first kappa shape index (κ1) is 21.1. The molecule has 0 saturated heterocycles. The van der Waals surface area contributed by atoms with Gasteiger partial charge in [0.1, 0.15) is 17.1 Å². The number of aromatic carboxylic acids is 1. The van der Waals surface area contributed by atoms with Crippen LogP contribution in [0.1, 0.15) is 75.6 Å². The Morgan fingerprint density at radius 2 is 1.44 bits per heavy atom. The summed E-state index contributed by atoms with van der Waals surface area (Å²) in [6, 6.07) is 9.34. The average Bonchev–Trinajstić information content (AvgIpc) is 2.68. The van der Waals surface area contributed by atoms with Gasteiger partial charge in [0.15, 0.2) is 0 Å². The fourth-order valence-electron chi connectivity index (χ4n) is 3.16. The van der Waals surface area contributed by atoms with E-state index in [9.17, 15) is 9.90 Å². The van der Waals surface area contributed by atoms with Crippen LogP contribution in [0, 0.1) is 0 Å². The van der Waals surface area contributed by atoms with Gasteiger partial charge in [0.25, 0.3) is 0 Å². The first-order valence-electron chi connectivity index (χ1n) is 10.2. The number of fused-ring (bicyclic) bond motifs is 1. The molecule has 0 aliphatic carbocycles. The molecule has 0 amide bonds. The molecule has 4 nitrogen and oxygen atoms in total. The van der Waals surface area contributed by atoms with E-state index in [1.165, 1.54) is 19.3 Å². The molecule has 0 aliphatic rings. The van der Waals surface area contributed by atoms with E-state index in [4.69, 9.17) is 9.47 Å². The molecule has 0 saturated carbocycles. The van der Waals surface area contributed by atoms with Crippen LogP contribution in [0.4, 0.5) is 0 Å². The lowest BCUT2D eigenvalue weighted by Crippen LogP contribution is -2.07. The minimum atomic E-state index is -0.986. The largest absolute Gasteiger partial charge is 0.493 e. The Hall–Kier alpha value is -2.23. The van der Waals surface area contributed by atoms with Crippen molar-refractivity contribution in [3.05, 3.63) is 35.9 Å². The number of benzene rings is 2. The number of carbonyl (C=O) groups is 1. The Morgan fingerprint density at radius 1 is 0.852 bits per heavy atom. The minimum absolute atomic E-state index is 0.174. The van der Waals surface area contributed by atoms with Crippen molar-refractivity contribution >= 4 is 16.7 Å². The molecule has 0 heterocycles. The molecule has 27 heavy (non-hydrogen) atoms. The Labute approximate surface area is 162 Å². The summed E-state index contributed by atoms with van der Waals surface area (Å²) in [5, 5.41) is 11.4. The van der Waals surface area contributed by atoms with Crippen LogP contribution in [-0.4, -0.2) is 24.3 Å². The van der Waals surface area contributed by atoms with Gasteiger partial charge in [-0.25, -0.2) is 4.79 Å². The summed E-state index contributed by atoms with van der Waals surface area (Å²) >= 11 is 0. The van der Waals surface area contributed by atoms with Crippen molar-refractivity contribution in [3.63, 3.8) is 0 Å². The number of carboxylic acids is 1. The van der Waals surface area contributed by atoms with Crippen LogP contribution >= 0.6 is 0 Å². The monoisotopic (exact) mass is 372 g/mol. The van der Waals surface area contributed by atoms with Crippen molar-refractivity contribution in [3.8, 4) is 11.5 Å². The summed E-state index contributed by atoms with van der Waals surface area (Å²) in [4.78, 5) is 11.8. The molecule has 0 spiro atoms. The van der Waals surface area contributed by atoms with Crippen molar-refractivity contribution in [1.82, 2.24) is 0 Å². The molecular weight excluding hydrogens is 340 g/mol. The second-order valence-electron chi connectivity index (χ2n) is 6.92. The van der Waals surface area contributed by atoms with Gasteiger partial charge in [-0.15, -0.1) is 0 Å². The SMILES string of the molecule is CCCCCCOc1cc(C(=O)O)c(OCCCCCC)c2ccccc12. The van der Waals surface area contributed by atoms with Crippen molar-refractivity contribution < 1.29 is 19.4 Å². The number of rotatable bonds is 13. The highest BCUT2D eigenvalue weighted by molar-refractivity contribution is 6.03. The maximum absolute atomic E-state index is 11.8. The van der Waals surface area contributed by atoms with E-state index in [1.54, 1.807) is 6.07 Å². The summed E-state index contributed by atoms with van der Waals surface area (Å²) in [5.74, 6) is 0.0888. The van der Waals surface area contributed by atoms with Gasteiger partial charge in [-0.05, 0) is 18.9 Å². The van der Waals surface area contributed by atoms with Gasteiger partial charge in [0.2, 0.25) is 0 Å². The molecule has 2 aromatic rings. The Kier molecular flexibility index (Phi) is 8.96. The van der Waals surface area contributed by atoms with Gasteiger partial charge in [0.05, 0.1) is 13.2 Å². The fraction of sp³-hybridized carbons (Fsp3) is 0.522. The maximum atomic E-state index is 11.8. The highest BCUT2D eigenvalue weighted by atomic mass is 16.5. The standard InChI is InChI=1S/C23H32O4/c1-3-5-7-11-15-26-21-17-20(23(24)25)22(27-16-12-8-6-4-2)19-14-10-9-13-18(19)21/h9-10,13-14,17H,3-8,11-12,15-16H2,1-2H3,(H,24,25). The second kappa shape index (κ2) is 11.5. The van der Waals surface area contributed by atoms with Gasteiger partial charge in [-0.2, -0.15) is 0 Å². The summed E-state index contributed by atoms with van der Waals surface area (Å²) in [6.07, 6.45) is 8.81. The summed E-state index contributed by atoms with van der Waals surface area (Å²) in [5.41, 5.74) is 0.174. The smallest absolute Gasteiger partial charge is 0.339 e. The molecule has 0 radical (unpaired) electrons. The van der Waals surface area contributed by atoms with E-state index in [-0.39, 0.29) is 5.56 Å². The molecule has 0 aliphatic heterocycles. The Balaban J connectivity index is 2.23. The average molecular weight is 373 g/mol. The van der Waals surface area contributed by atoms with Crippen LogP contribution in [0.15, 0.2) is 30.3 Å². The lowest BCUT2D eigenvalue weighted by Gasteiger charge is -2.16. The summed E-state index contributed by atoms with van der Waals surface area (Å²) in [7, 11) is 0. The molecule has 0 bridgehead atoms. The van der Waals surface area contributed by atoms with E-state index in [2.05, 4.69) is 13.8 Å². The normalized spacial score (nSPS) is 10.9. The first-order valence-corrected chi connectivity index (χ1v) is 10.2. The second-order valence-corrected chi connectivity index (χ2v) is 6.92. The topological polar surface area (TPSA) is 55.8 Å². The zero-order valence-electron chi connectivity index (χ0n) is 16.6.